The lowest BCUT2D eigenvalue weighted by Gasteiger charge is -2.23. The highest BCUT2D eigenvalue weighted by Gasteiger charge is 2.24. The zero-order valence-corrected chi connectivity index (χ0v) is 20.0. The van der Waals surface area contributed by atoms with E-state index in [1.807, 2.05) is 37.3 Å². The van der Waals surface area contributed by atoms with Crippen LogP contribution in [-0.2, 0) is 19.7 Å². The summed E-state index contributed by atoms with van der Waals surface area (Å²) in [7, 11) is 1.60. The number of rotatable bonds is 9. The highest BCUT2D eigenvalue weighted by molar-refractivity contribution is 6.30. The Kier molecular flexibility index (Phi) is 8.65. The van der Waals surface area contributed by atoms with Gasteiger partial charge in [-0.1, -0.05) is 38.5 Å². The van der Waals surface area contributed by atoms with Gasteiger partial charge in [0.05, 0.1) is 17.9 Å². The summed E-state index contributed by atoms with van der Waals surface area (Å²) in [4.78, 5) is 26.8. The van der Waals surface area contributed by atoms with E-state index in [1.165, 1.54) is 4.90 Å². The number of ether oxygens (including phenoxy) is 1. The summed E-state index contributed by atoms with van der Waals surface area (Å²) in [6.45, 7) is 10.6. The molecule has 0 bridgehead atoms. The van der Waals surface area contributed by atoms with E-state index < -0.39 is 5.38 Å². The smallest absolute Gasteiger partial charge is 0.245 e. The fourth-order valence-corrected chi connectivity index (χ4v) is 3.13. The predicted octanol–water partition coefficient (Wildman–Crippen LogP) is 3.91. The lowest BCUT2D eigenvalue weighted by atomic mass is 9.92. The Morgan fingerprint density at radius 1 is 1.26 bits per heavy atom. The quantitative estimate of drug-likeness (QED) is 0.466. The number of hydrogen-bond donors (Lipinski definition) is 1. The van der Waals surface area contributed by atoms with Crippen LogP contribution in [0.3, 0.4) is 0 Å². The zero-order valence-electron chi connectivity index (χ0n) is 19.2. The number of carbonyl (C=O) groups is 2. The number of hydrogen-bond acceptors (Lipinski definition) is 4. The highest BCUT2D eigenvalue weighted by Crippen LogP contribution is 2.26. The second-order valence-electron chi connectivity index (χ2n) is 8.68. The van der Waals surface area contributed by atoms with E-state index in [1.54, 1.807) is 18.7 Å². The van der Waals surface area contributed by atoms with Crippen LogP contribution in [0.15, 0.2) is 30.3 Å². The molecular weight excluding hydrogens is 416 g/mol. The molecule has 0 saturated carbocycles. The highest BCUT2D eigenvalue weighted by atomic mass is 35.5. The molecule has 0 saturated heterocycles. The third-order valence-electron chi connectivity index (χ3n) is 4.79. The number of nitrogens with one attached hydrogen (secondary N) is 1. The molecule has 0 aliphatic carbocycles. The van der Waals surface area contributed by atoms with Crippen LogP contribution in [0, 0.1) is 6.92 Å². The molecule has 0 spiro atoms. The van der Waals surface area contributed by atoms with Crippen molar-refractivity contribution in [3.05, 3.63) is 41.6 Å². The monoisotopic (exact) mass is 448 g/mol. The number of benzene rings is 1. The van der Waals surface area contributed by atoms with Crippen molar-refractivity contribution in [1.82, 2.24) is 14.7 Å². The first-order valence-electron chi connectivity index (χ1n) is 10.4. The van der Waals surface area contributed by atoms with Gasteiger partial charge in [0.25, 0.3) is 0 Å². The van der Waals surface area contributed by atoms with Gasteiger partial charge in [-0.2, -0.15) is 5.10 Å². The minimum absolute atomic E-state index is 0.0937. The van der Waals surface area contributed by atoms with Gasteiger partial charge < -0.3 is 15.0 Å². The second kappa shape index (κ2) is 10.8. The van der Waals surface area contributed by atoms with E-state index >= 15 is 0 Å². The SMILES string of the molecule is COCCCN(CC(=O)Nc1cc(C(C)(C)C)nn1-c1ccc(C)cc1)C(=O)C(C)Cl. The van der Waals surface area contributed by atoms with E-state index in [4.69, 9.17) is 21.4 Å². The molecule has 1 heterocycles. The van der Waals surface area contributed by atoms with E-state index in [0.29, 0.717) is 25.4 Å². The molecule has 1 aromatic carbocycles. The van der Waals surface area contributed by atoms with Crippen molar-refractivity contribution in [3.8, 4) is 5.69 Å². The van der Waals surface area contributed by atoms with Crippen molar-refractivity contribution >= 4 is 29.2 Å². The molecule has 1 N–H and O–H groups in total. The molecule has 1 unspecified atom stereocenters. The van der Waals surface area contributed by atoms with E-state index in [9.17, 15) is 9.59 Å². The first kappa shape index (κ1) is 24.9. The van der Waals surface area contributed by atoms with Gasteiger partial charge in [-0.15, -0.1) is 11.6 Å². The van der Waals surface area contributed by atoms with E-state index in [-0.39, 0.29) is 23.8 Å². The van der Waals surface area contributed by atoms with Gasteiger partial charge in [-0.25, -0.2) is 4.68 Å². The largest absolute Gasteiger partial charge is 0.385 e. The summed E-state index contributed by atoms with van der Waals surface area (Å²) in [5.41, 5.74) is 2.65. The van der Waals surface area contributed by atoms with Crippen LogP contribution >= 0.6 is 11.6 Å². The molecule has 2 aromatic rings. The van der Waals surface area contributed by atoms with Crippen LogP contribution in [0.5, 0.6) is 0 Å². The van der Waals surface area contributed by atoms with E-state index in [2.05, 4.69) is 26.1 Å². The van der Waals surface area contributed by atoms with Crippen LogP contribution in [0.4, 0.5) is 5.82 Å². The van der Waals surface area contributed by atoms with Crippen LogP contribution < -0.4 is 5.32 Å². The normalized spacial score (nSPS) is 12.5. The Bertz CT molecular complexity index is 885. The van der Waals surface area contributed by atoms with Crippen molar-refractivity contribution in [3.63, 3.8) is 0 Å². The van der Waals surface area contributed by atoms with Crippen molar-refractivity contribution in [2.45, 2.75) is 51.8 Å². The number of anilines is 1. The van der Waals surface area contributed by atoms with Gasteiger partial charge in [0, 0.05) is 31.7 Å². The number of carbonyl (C=O) groups excluding carboxylic acids is 2. The molecule has 8 heteroatoms. The molecule has 2 amide bonds. The average Bonchev–Trinajstić information content (AvgIpc) is 3.11. The van der Waals surface area contributed by atoms with Crippen molar-refractivity contribution < 1.29 is 14.3 Å². The number of amides is 2. The van der Waals surface area contributed by atoms with Crippen molar-refractivity contribution in [1.29, 1.82) is 0 Å². The molecule has 0 aliphatic rings. The lowest BCUT2D eigenvalue weighted by Crippen LogP contribution is -2.42. The number of nitrogens with zero attached hydrogens (tertiary/aromatic N) is 3. The molecule has 170 valence electrons. The second-order valence-corrected chi connectivity index (χ2v) is 9.34. The Morgan fingerprint density at radius 2 is 1.90 bits per heavy atom. The van der Waals surface area contributed by atoms with Gasteiger partial charge in [0.2, 0.25) is 11.8 Å². The van der Waals surface area contributed by atoms with Gasteiger partial charge in [-0.3, -0.25) is 9.59 Å². The third kappa shape index (κ3) is 7.08. The number of halogens is 1. The van der Waals surface area contributed by atoms with E-state index in [0.717, 1.165) is 16.9 Å². The lowest BCUT2D eigenvalue weighted by molar-refractivity contribution is -0.134. The Hall–Kier alpha value is -2.38. The first-order valence-corrected chi connectivity index (χ1v) is 10.9. The number of aromatic nitrogens is 2. The minimum Gasteiger partial charge on any atom is -0.385 e. The Balaban J connectivity index is 2.26. The summed E-state index contributed by atoms with van der Waals surface area (Å²) >= 11 is 5.98. The van der Waals surface area contributed by atoms with Gasteiger partial charge in [0.15, 0.2) is 0 Å². The maximum atomic E-state index is 12.9. The average molecular weight is 449 g/mol. The van der Waals surface area contributed by atoms with Gasteiger partial charge >= 0.3 is 0 Å². The topological polar surface area (TPSA) is 76.5 Å². The van der Waals surface area contributed by atoms with Crippen LogP contribution in [0.1, 0.15) is 45.4 Å². The molecular formula is C23H33ClN4O3. The van der Waals surface area contributed by atoms with Gasteiger partial charge in [-0.05, 0) is 32.4 Å². The van der Waals surface area contributed by atoms with Crippen LogP contribution in [0.25, 0.3) is 5.69 Å². The van der Waals surface area contributed by atoms with Crippen molar-refractivity contribution in [2.24, 2.45) is 0 Å². The predicted molar refractivity (Wildman–Crippen MR) is 124 cm³/mol. The summed E-state index contributed by atoms with van der Waals surface area (Å²) in [6.07, 6.45) is 0.620. The number of aryl methyl sites for hydroxylation is 1. The van der Waals surface area contributed by atoms with Crippen LogP contribution in [-0.4, -0.2) is 58.7 Å². The minimum atomic E-state index is -0.707. The molecule has 1 atom stereocenters. The van der Waals surface area contributed by atoms with Crippen LogP contribution in [0.2, 0.25) is 0 Å². The molecule has 0 fully saturated rings. The first-order chi connectivity index (χ1) is 14.5. The molecule has 1 aromatic heterocycles. The number of alkyl halides is 1. The summed E-state index contributed by atoms with van der Waals surface area (Å²) < 4.78 is 6.78. The standard InChI is InChI=1S/C23H33ClN4O3/c1-16-8-10-18(11-9-16)28-20(14-19(26-28)23(3,4)5)25-21(29)15-27(12-7-13-31-6)22(30)17(2)24/h8-11,14,17H,7,12-13,15H2,1-6H3,(H,25,29). The third-order valence-corrected chi connectivity index (χ3v) is 4.97. The molecule has 7 nitrogen and oxygen atoms in total. The maximum Gasteiger partial charge on any atom is 0.245 e. The van der Waals surface area contributed by atoms with Gasteiger partial charge in [0.1, 0.15) is 11.2 Å². The fourth-order valence-electron chi connectivity index (χ4n) is 2.99. The Morgan fingerprint density at radius 3 is 2.45 bits per heavy atom. The molecule has 31 heavy (non-hydrogen) atoms. The number of methoxy groups -OCH3 is 1. The summed E-state index contributed by atoms with van der Waals surface area (Å²) in [5.74, 6) is -0.0332. The fraction of sp³-hybridized carbons (Fsp3) is 0.522. The molecule has 0 radical (unpaired) electrons. The Labute approximate surface area is 189 Å². The maximum absolute atomic E-state index is 12.9. The molecule has 0 aliphatic heterocycles. The molecule has 2 rings (SSSR count). The summed E-state index contributed by atoms with van der Waals surface area (Å²) in [5, 5.41) is 6.94. The summed E-state index contributed by atoms with van der Waals surface area (Å²) in [6, 6.07) is 9.79. The zero-order chi connectivity index (χ0) is 23.2. The van der Waals surface area contributed by atoms with Crippen molar-refractivity contribution in [2.75, 3.05) is 32.1 Å².